The minimum Gasteiger partial charge on any atom is -0.351 e. The summed E-state index contributed by atoms with van der Waals surface area (Å²) in [4.78, 5) is 0. The Kier molecular flexibility index (Phi) is 2.53. The van der Waals surface area contributed by atoms with Crippen molar-refractivity contribution in [1.29, 1.82) is 0 Å². The van der Waals surface area contributed by atoms with E-state index in [1.54, 1.807) is 0 Å². The molecule has 1 aliphatic rings. The van der Waals surface area contributed by atoms with Crippen molar-refractivity contribution in [2.45, 2.75) is 50.7 Å². The van der Waals surface area contributed by atoms with Crippen LogP contribution >= 0.6 is 0 Å². The van der Waals surface area contributed by atoms with Gasteiger partial charge >= 0.3 is 0 Å². The molecule has 2 N–H and O–H groups in total. The van der Waals surface area contributed by atoms with Crippen molar-refractivity contribution in [2.75, 3.05) is 0 Å². The van der Waals surface area contributed by atoms with Gasteiger partial charge in [0.2, 0.25) is 0 Å². The second kappa shape index (κ2) is 3.05. The van der Waals surface area contributed by atoms with E-state index in [4.69, 9.17) is 5.40 Å². The molecule has 0 saturated heterocycles. The summed E-state index contributed by atoms with van der Waals surface area (Å²) in [5.74, 6) is 0. The second-order valence-corrected chi connectivity index (χ2v) is 8.62. The standard InChI is InChI=1S/C8H19NSi/c1-10(2,9)8-6-4-3-5-7-8/h8H,3-7,9H2,1-2H3. The Balaban J connectivity index is 2.39. The molecule has 0 radical (unpaired) electrons. The number of nitrogens with two attached hydrogens (primary N) is 1. The van der Waals surface area contributed by atoms with Crippen LogP contribution < -0.4 is 5.40 Å². The molecular formula is C8H19NSi. The number of rotatable bonds is 1. The van der Waals surface area contributed by atoms with E-state index in [2.05, 4.69) is 13.1 Å². The Bertz CT molecular complexity index is 100. The lowest BCUT2D eigenvalue weighted by molar-refractivity contribution is 0.491. The summed E-state index contributed by atoms with van der Waals surface area (Å²) in [6.07, 6.45) is 7.13. The first-order valence-electron chi connectivity index (χ1n) is 4.39. The molecule has 0 aromatic carbocycles. The van der Waals surface area contributed by atoms with Gasteiger partial charge in [0.25, 0.3) is 0 Å². The van der Waals surface area contributed by atoms with Crippen LogP contribution in [0.15, 0.2) is 0 Å². The van der Waals surface area contributed by atoms with Gasteiger partial charge in [-0.3, -0.25) is 0 Å². The third-order valence-electron chi connectivity index (χ3n) is 2.66. The maximum atomic E-state index is 6.15. The molecule has 10 heavy (non-hydrogen) atoms. The largest absolute Gasteiger partial charge is 0.351 e. The predicted octanol–water partition coefficient (Wildman–Crippen LogP) is 2.48. The topological polar surface area (TPSA) is 26.0 Å². The van der Waals surface area contributed by atoms with Gasteiger partial charge in [-0.2, -0.15) is 0 Å². The van der Waals surface area contributed by atoms with E-state index in [1.807, 2.05) is 0 Å². The van der Waals surface area contributed by atoms with Crippen molar-refractivity contribution >= 4 is 8.24 Å². The zero-order valence-corrected chi connectivity index (χ0v) is 8.19. The fourth-order valence-electron chi connectivity index (χ4n) is 1.85. The Labute approximate surface area is 65.1 Å². The number of hydrogen-bond donors (Lipinski definition) is 1. The molecule has 0 aliphatic heterocycles. The van der Waals surface area contributed by atoms with Crippen LogP contribution in [0.2, 0.25) is 18.6 Å². The minimum atomic E-state index is -1.26. The van der Waals surface area contributed by atoms with E-state index in [0.29, 0.717) is 0 Å². The van der Waals surface area contributed by atoms with Crippen LogP contribution in [-0.4, -0.2) is 8.24 Å². The SMILES string of the molecule is C[Si](C)(N)C1CCCCC1. The first-order chi connectivity index (χ1) is 4.61. The van der Waals surface area contributed by atoms with Crippen molar-refractivity contribution < 1.29 is 0 Å². The van der Waals surface area contributed by atoms with E-state index < -0.39 is 8.24 Å². The lowest BCUT2D eigenvalue weighted by atomic mass is 10.0. The van der Waals surface area contributed by atoms with Gasteiger partial charge in [-0.1, -0.05) is 45.2 Å². The molecule has 1 rings (SSSR count). The molecule has 0 atom stereocenters. The summed E-state index contributed by atoms with van der Waals surface area (Å²) in [6.45, 7) is 4.59. The van der Waals surface area contributed by atoms with Gasteiger partial charge in [0.05, 0.1) is 0 Å². The molecule has 1 fully saturated rings. The minimum absolute atomic E-state index is 0.918. The molecule has 0 amide bonds. The highest BCUT2D eigenvalue weighted by Crippen LogP contribution is 2.33. The quantitative estimate of drug-likeness (QED) is 0.581. The van der Waals surface area contributed by atoms with E-state index in [1.165, 1.54) is 32.1 Å². The molecular weight excluding hydrogens is 138 g/mol. The Morgan fingerprint density at radius 1 is 1.10 bits per heavy atom. The first kappa shape index (κ1) is 8.28. The first-order valence-corrected chi connectivity index (χ1v) is 7.55. The van der Waals surface area contributed by atoms with Crippen LogP contribution in [0.5, 0.6) is 0 Å². The fourth-order valence-corrected chi connectivity index (χ4v) is 3.74. The molecule has 60 valence electrons. The zero-order valence-electron chi connectivity index (χ0n) is 7.19. The van der Waals surface area contributed by atoms with Crippen molar-refractivity contribution in [1.82, 2.24) is 0 Å². The van der Waals surface area contributed by atoms with Gasteiger partial charge in [0.15, 0.2) is 0 Å². The van der Waals surface area contributed by atoms with Crippen molar-refractivity contribution in [3.63, 3.8) is 0 Å². The summed E-state index contributed by atoms with van der Waals surface area (Å²) in [6, 6.07) is 0. The van der Waals surface area contributed by atoms with Crippen LogP contribution in [0.4, 0.5) is 0 Å². The Morgan fingerprint density at radius 2 is 1.60 bits per heavy atom. The number of hydrogen-bond acceptors (Lipinski definition) is 1. The highest BCUT2D eigenvalue weighted by molar-refractivity contribution is 6.75. The predicted molar refractivity (Wildman–Crippen MR) is 48.5 cm³/mol. The van der Waals surface area contributed by atoms with E-state index in [9.17, 15) is 0 Å². The third-order valence-corrected chi connectivity index (χ3v) is 5.34. The summed E-state index contributed by atoms with van der Waals surface area (Å²) in [5.41, 5.74) is 0.918. The van der Waals surface area contributed by atoms with E-state index in [0.717, 1.165) is 5.54 Å². The summed E-state index contributed by atoms with van der Waals surface area (Å²) >= 11 is 0. The van der Waals surface area contributed by atoms with Gasteiger partial charge < -0.3 is 5.40 Å². The van der Waals surface area contributed by atoms with Crippen molar-refractivity contribution in [3.05, 3.63) is 0 Å². The maximum absolute atomic E-state index is 6.15. The summed E-state index contributed by atoms with van der Waals surface area (Å²) in [7, 11) is -1.26. The molecule has 1 saturated carbocycles. The lowest BCUT2D eigenvalue weighted by Gasteiger charge is -2.31. The molecule has 0 aromatic rings. The molecule has 0 unspecified atom stereocenters. The molecule has 0 heterocycles. The molecule has 1 nitrogen and oxygen atoms in total. The van der Waals surface area contributed by atoms with Gasteiger partial charge in [-0.05, 0) is 5.54 Å². The molecule has 0 bridgehead atoms. The normalized spacial score (nSPS) is 23.1. The smallest absolute Gasteiger partial charge is 0.119 e. The maximum Gasteiger partial charge on any atom is 0.119 e. The zero-order chi connectivity index (χ0) is 7.61. The van der Waals surface area contributed by atoms with Crippen molar-refractivity contribution in [3.8, 4) is 0 Å². The Morgan fingerprint density at radius 3 is 1.90 bits per heavy atom. The molecule has 1 aliphatic carbocycles. The lowest BCUT2D eigenvalue weighted by Crippen LogP contribution is -2.44. The van der Waals surface area contributed by atoms with Crippen molar-refractivity contribution in [2.24, 2.45) is 5.40 Å². The van der Waals surface area contributed by atoms with Gasteiger partial charge in [0.1, 0.15) is 8.24 Å². The van der Waals surface area contributed by atoms with Crippen LogP contribution in [0.3, 0.4) is 0 Å². The fraction of sp³-hybridized carbons (Fsp3) is 1.00. The second-order valence-electron chi connectivity index (χ2n) is 4.16. The van der Waals surface area contributed by atoms with E-state index in [-0.39, 0.29) is 0 Å². The third kappa shape index (κ3) is 2.10. The molecule has 0 aromatic heterocycles. The highest BCUT2D eigenvalue weighted by Gasteiger charge is 2.28. The highest BCUT2D eigenvalue weighted by atomic mass is 28.3. The van der Waals surface area contributed by atoms with Gasteiger partial charge in [0, 0.05) is 0 Å². The van der Waals surface area contributed by atoms with Crippen LogP contribution in [0.25, 0.3) is 0 Å². The summed E-state index contributed by atoms with van der Waals surface area (Å²) in [5, 5.41) is 6.15. The molecule has 0 spiro atoms. The van der Waals surface area contributed by atoms with Crippen LogP contribution in [0.1, 0.15) is 32.1 Å². The average molecular weight is 157 g/mol. The van der Waals surface area contributed by atoms with Crippen LogP contribution in [-0.2, 0) is 0 Å². The van der Waals surface area contributed by atoms with E-state index >= 15 is 0 Å². The molecule has 2 heteroatoms. The monoisotopic (exact) mass is 157 g/mol. The summed E-state index contributed by atoms with van der Waals surface area (Å²) < 4.78 is 0. The van der Waals surface area contributed by atoms with Gasteiger partial charge in [-0.15, -0.1) is 0 Å². The Hall–Kier alpha value is 0.177. The van der Waals surface area contributed by atoms with Crippen LogP contribution in [0, 0.1) is 0 Å². The van der Waals surface area contributed by atoms with Gasteiger partial charge in [-0.25, -0.2) is 0 Å². The average Bonchev–Trinajstić information content (AvgIpc) is 1.88.